The lowest BCUT2D eigenvalue weighted by Gasteiger charge is -2.19. The Kier molecular flexibility index (Phi) is 6.40. The monoisotopic (exact) mass is 339 g/mol. The molecule has 1 aliphatic heterocycles. The first kappa shape index (κ1) is 17.3. The Bertz CT molecular complexity index is 563. The zero-order chi connectivity index (χ0) is 16.7. The van der Waals surface area contributed by atoms with Gasteiger partial charge in [0.15, 0.2) is 6.73 Å². The van der Waals surface area contributed by atoms with Gasteiger partial charge in [0, 0.05) is 6.42 Å². The summed E-state index contributed by atoms with van der Waals surface area (Å²) in [6, 6.07) is 8.61. The van der Waals surface area contributed by atoms with Crippen LogP contribution in [-0.4, -0.2) is 35.0 Å². The molecule has 1 aromatic carbocycles. The summed E-state index contributed by atoms with van der Waals surface area (Å²) in [6.45, 7) is 0.0311. The van der Waals surface area contributed by atoms with Crippen LogP contribution in [0.5, 0.6) is 0 Å². The molecule has 1 amide bonds. The molecule has 7 heteroatoms. The van der Waals surface area contributed by atoms with Crippen molar-refractivity contribution in [1.82, 2.24) is 4.90 Å². The lowest BCUT2D eigenvalue weighted by atomic mass is 10.1. The summed E-state index contributed by atoms with van der Waals surface area (Å²) in [5.74, 6) is -0.445. The van der Waals surface area contributed by atoms with Crippen LogP contribution in [0.1, 0.15) is 31.2 Å². The van der Waals surface area contributed by atoms with Gasteiger partial charge in [0.1, 0.15) is 12.6 Å². The molecule has 0 N–H and O–H groups in total. The molecular formula is C16H18ClNO5. The third kappa shape index (κ3) is 5.25. The molecule has 6 nitrogen and oxygen atoms in total. The maximum Gasteiger partial charge on any atom is 0.413 e. The van der Waals surface area contributed by atoms with Gasteiger partial charge in [0.05, 0.1) is 0 Å². The Morgan fingerprint density at radius 2 is 2.00 bits per heavy atom. The number of carbonyl (C=O) groups excluding carboxylic acids is 3. The van der Waals surface area contributed by atoms with Crippen LogP contribution >= 0.6 is 11.6 Å². The second kappa shape index (κ2) is 8.53. The first-order valence-corrected chi connectivity index (χ1v) is 7.78. The van der Waals surface area contributed by atoms with E-state index in [-0.39, 0.29) is 19.8 Å². The summed E-state index contributed by atoms with van der Waals surface area (Å²) >= 11 is 5.27. The van der Waals surface area contributed by atoms with Crippen LogP contribution in [-0.2, 0) is 25.7 Å². The molecule has 1 aliphatic rings. The number of hydrogen-bond acceptors (Lipinski definition) is 5. The normalized spacial score (nSPS) is 17.0. The largest absolute Gasteiger partial charge is 0.444 e. The van der Waals surface area contributed by atoms with Gasteiger partial charge >= 0.3 is 12.1 Å². The number of ether oxygens (including phenoxy) is 2. The van der Waals surface area contributed by atoms with E-state index in [0.29, 0.717) is 19.3 Å². The summed E-state index contributed by atoms with van der Waals surface area (Å²) in [6.07, 6.45) is 1.25. The van der Waals surface area contributed by atoms with Crippen LogP contribution in [0, 0.1) is 0 Å². The zero-order valence-electron chi connectivity index (χ0n) is 12.6. The smallest absolute Gasteiger partial charge is 0.413 e. The van der Waals surface area contributed by atoms with Crippen LogP contribution < -0.4 is 0 Å². The number of rotatable bonds is 7. The van der Waals surface area contributed by atoms with Crippen molar-refractivity contribution >= 4 is 28.9 Å². The summed E-state index contributed by atoms with van der Waals surface area (Å²) in [4.78, 5) is 35.8. The average molecular weight is 340 g/mol. The first-order valence-electron chi connectivity index (χ1n) is 7.40. The number of unbranched alkanes of at least 4 members (excludes halogenated alkanes) is 1. The number of benzene rings is 1. The molecule has 23 heavy (non-hydrogen) atoms. The Morgan fingerprint density at radius 1 is 1.26 bits per heavy atom. The molecule has 2 rings (SSSR count). The van der Waals surface area contributed by atoms with Crippen LogP contribution in [0.3, 0.4) is 0 Å². The van der Waals surface area contributed by atoms with E-state index in [0.717, 1.165) is 5.56 Å². The first-order chi connectivity index (χ1) is 11.1. The number of halogens is 1. The van der Waals surface area contributed by atoms with E-state index in [1.165, 1.54) is 4.90 Å². The predicted octanol–water partition coefficient (Wildman–Crippen LogP) is 2.83. The highest BCUT2D eigenvalue weighted by molar-refractivity contribution is 6.63. The topological polar surface area (TPSA) is 72.9 Å². The number of hydrogen-bond donors (Lipinski definition) is 0. The quantitative estimate of drug-likeness (QED) is 0.434. The molecule has 1 aromatic rings. The SMILES string of the molecule is O=C(Cl)CCCC[C@H]1C(=O)OCN1C(=O)OCc1ccccc1. The molecule has 1 saturated heterocycles. The lowest BCUT2D eigenvalue weighted by molar-refractivity contribution is -0.139. The van der Waals surface area contributed by atoms with Gasteiger partial charge in [-0.3, -0.25) is 9.69 Å². The third-order valence-corrected chi connectivity index (χ3v) is 3.72. The molecule has 0 aliphatic carbocycles. The highest BCUT2D eigenvalue weighted by Gasteiger charge is 2.38. The van der Waals surface area contributed by atoms with Crippen LogP contribution in [0.25, 0.3) is 0 Å². The number of amides is 1. The van der Waals surface area contributed by atoms with E-state index < -0.39 is 23.3 Å². The van der Waals surface area contributed by atoms with Crippen molar-refractivity contribution < 1.29 is 23.9 Å². The van der Waals surface area contributed by atoms with Gasteiger partial charge in [-0.05, 0) is 30.0 Å². The molecule has 0 bridgehead atoms. The molecule has 124 valence electrons. The minimum atomic E-state index is -0.663. The van der Waals surface area contributed by atoms with E-state index in [9.17, 15) is 14.4 Å². The van der Waals surface area contributed by atoms with Crippen molar-refractivity contribution in [2.75, 3.05) is 6.73 Å². The Hall–Kier alpha value is -2.08. The van der Waals surface area contributed by atoms with E-state index >= 15 is 0 Å². The van der Waals surface area contributed by atoms with Gasteiger partial charge < -0.3 is 9.47 Å². The van der Waals surface area contributed by atoms with Crippen molar-refractivity contribution in [2.45, 2.75) is 38.3 Å². The third-order valence-electron chi connectivity index (χ3n) is 3.53. The van der Waals surface area contributed by atoms with Gasteiger partial charge in [0.2, 0.25) is 5.24 Å². The van der Waals surface area contributed by atoms with Crippen molar-refractivity contribution in [3.63, 3.8) is 0 Å². The molecular weight excluding hydrogens is 322 g/mol. The Labute approximate surface area is 139 Å². The molecule has 0 spiro atoms. The number of esters is 1. The number of carbonyl (C=O) groups is 3. The van der Waals surface area contributed by atoms with E-state index in [2.05, 4.69) is 0 Å². The molecule has 0 aromatic heterocycles. The van der Waals surface area contributed by atoms with Crippen LogP contribution in [0.2, 0.25) is 0 Å². The predicted molar refractivity (Wildman–Crippen MR) is 82.5 cm³/mol. The molecule has 1 fully saturated rings. The van der Waals surface area contributed by atoms with Gasteiger partial charge in [-0.25, -0.2) is 9.59 Å². The van der Waals surface area contributed by atoms with Crippen molar-refractivity contribution in [3.05, 3.63) is 35.9 Å². The molecule has 0 radical (unpaired) electrons. The summed E-state index contributed by atoms with van der Waals surface area (Å²) in [5, 5.41) is -0.405. The average Bonchev–Trinajstić information content (AvgIpc) is 2.91. The lowest BCUT2D eigenvalue weighted by Crippen LogP contribution is -2.38. The van der Waals surface area contributed by atoms with Gasteiger partial charge in [-0.2, -0.15) is 0 Å². The van der Waals surface area contributed by atoms with Crippen molar-refractivity contribution in [1.29, 1.82) is 0 Å². The fourth-order valence-electron chi connectivity index (χ4n) is 2.30. The van der Waals surface area contributed by atoms with E-state index in [4.69, 9.17) is 21.1 Å². The molecule has 0 unspecified atom stereocenters. The fourth-order valence-corrected chi connectivity index (χ4v) is 2.44. The second-order valence-corrected chi connectivity index (χ2v) is 5.64. The Balaban J connectivity index is 1.82. The zero-order valence-corrected chi connectivity index (χ0v) is 13.3. The van der Waals surface area contributed by atoms with Crippen molar-refractivity contribution in [2.24, 2.45) is 0 Å². The highest BCUT2D eigenvalue weighted by Crippen LogP contribution is 2.19. The van der Waals surface area contributed by atoms with E-state index in [1.54, 1.807) is 0 Å². The molecule has 0 saturated carbocycles. The fraction of sp³-hybridized carbons (Fsp3) is 0.438. The van der Waals surface area contributed by atoms with Gasteiger partial charge in [-0.15, -0.1) is 0 Å². The summed E-state index contributed by atoms with van der Waals surface area (Å²) in [5.41, 5.74) is 0.865. The number of cyclic esters (lactones) is 1. The van der Waals surface area contributed by atoms with Crippen LogP contribution in [0.15, 0.2) is 30.3 Å². The van der Waals surface area contributed by atoms with Crippen LogP contribution in [0.4, 0.5) is 4.79 Å². The molecule has 1 heterocycles. The van der Waals surface area contributed by atoms with E-state index in [1.807, 2.05) is 30.3 Å². The second-order valence-electron chi connectivity index (χ2n) is 5.22. The van der Waals surface area contributed by atoms with Gasteiger partial charge in [-0.1, -0.05) is 36.8 Å². The van der Waals surface area contributed by atoms with Gasteiger partial charge in [0.25, 0.3) is 0 Å². The molecule has 1 atom stereocenters. The highest BCUT2D eigenvalue weighted by atomic mass is 35.5. The maximum atomic E-state index is 12.1. The number of nitrogens with zero attached hydrogens (tertiary/aromatic N) is 1. The minimum absolute atomic E-state index is 0.106. The standard InChI is InChI=1S/C16H18ClNO5/c17-14(19)9-5-4-8-13-15(20)23-11-18(13)16(21)22-10-12-6-2-1-3-7-12/h1-3,6-7,13H,4-5,8-11H2/t13-/m0/s1. The van der Waals surface area contributed by atoms with Crippen molar-refractivity contribution in [3.8, 4) is 0 Å². The minimum Gasteiger partial charge on any atom is -0.444 e. The summed E-state index contributed by atoms with van der Waals surface area (Å²) in [7, 11) is 0. The maximum absolute atomic E-state index is 12.1. The Morgan fingerprint density at radius 3 is 2.70 bits per heavy atom. The summed E-state index contributed by atoms with van der Waals surface area (Å²) < 4.78 is 10.1.